The average Bonchev–Trinajstić information content (AvgIpc) is 3.06. The number of aromatic nitrogens is 1. The molecule has 0 radical (unpaired) electrons. The standard InChI is InChI=1S/C20H24N2O3/c1-24-17-7-5-15(6-8-17)13-20(23)22-11-9-19(25-2)18(22)12-16-4-3-10-21-14-16/h3-8,10,14,18-19H,9,11-13H2,1-2H3/t18-,19-/m0/s1. The van der Waals surface area contributed by atoms with E-state index in [-0.39, 0.29) is 18.1 Å². The van der Waals surface area contributed by atoms with Crippen LogP contribution in [-0.4, -0.2) is 48.7 Å². The van der Waals surface area contributed by atoms with Crippen LogP contribution >= 0.6 is 0 Å². The Morgan fingerprint density at radius 2 is 2.00 bits per heavy atom. The Morgan fingerprint density at radius 1 is 1.20 bits per heavy atom. The van der Waals surface area contributed by atoms with E-state index in [0.717, 1.165) is 36.3 Å². The third kappa shape index (κ3) is 4.17. The first-order chi connectivity index (χ1) is 12.2. The summed E-state index contributed by atoms with van der Waals surface area (Å²) >= 11 is 0. The summed E-state index contributed by atoms with van der Waals surface area (Å²) in [4.78, 5) is 19.0. The van der Waals surface area contributed by atoms with Gasteiger partial charge in [-0.3, -0.25) is 9.78 Å². The zero-order valence-corrected chi connectivity index (χ0v) is 14.7. The molecule has 1 amide bonds. The molecule has 1 aliphatic rings. The highest BCUT2D eigenvalue weighted by Gasteiger charge is 2.36. The third-order valence-electron chi connectivity index (χ3n) is 4.79. The minimum absolute atomic E-state index is 0.0555. The van der Waals surface area contributed by atoms with E-state index < -0.39 is 0 Å². The minimum Gasteiger partial charge on any atom is -0.497 e. The summed E-state index contributed by atoms with van der Waals surface area (Å²) in [5.41, 5.74) is 2.12. The van der Waals surface area contributed by atoms with Crippen LogP contribution in [0, 0.1) is 0 Å². The third-order valence-corrected chi connectivity index (χ3v) is 4.79. The van der Waals surface area contributed by atoms with E-state index in [0.29, 0.717) is 6.42 Å². The summed E-state index contributed by atoms with van der Waals surface area (Å²) in [5, 5.41) is 0. The molecular formula is C20H24N2O3. The van der Waals surface area contributed by atoms with Crippen LogP contribution < -0.4 is 4.74 Å². The van der Waals surface area contributed by atoms with Gasteiger partial charge < -0.3 is 14.4 Å². The van der Waals surface area contributed by atoms with Gasteiger partial charge in [0.05, 0.1) is 25.7 Å². The number of nitrogens with zero attached hydrogens (tertiary/aromatic N) is 2. The van der Waals surface area contributed by atoms with Crippen molar-refractivity contribution in [2.45, 2.75) is 31.4 Å². The molecule has 2 atom stereocenters. The number of pyridine rings is 1. The van der Waals surface area contributed by atoms with Gasteiger partial charge in [-0.25, -0.2) is 0 Å². The summed E-state index contributed by atoms with van der Waals surface area (Å²) in [5.74, 6) is 0.935. The van der Waals surface area contributed by atoms with E-state index in [1.54, 1.807) is 20.4 Å². The quantitative estimate of drug-likeness (QED) is 0.811. The molecule has 1 aliphatic heterocycles. The smallest absolute Gasteiger partial charge is 0.227 e. The van der Waals surface area contributed by atoms with Crippen LogP contribution in [0.15, 0.2) is 48.8 Å². The van der Waals surface area contributed by atoms with Crippen LogP contribution in [0.25, 0.3) is 0 Å². The molecule has 25 heavy (non-hydrogen) atoms. The lowest BCUT2D eigenvalue weighted by molar-refractivity contribution is -0.132. The summed E-state index contributed by atoms with van der Waals surface area (Å²) in [7, 11) is 3.36. The lowest BCUT2D eigenvalue weighted by Crippen LogP contribution is -2.42. The highest BCUT2D eigenvalue weighted by Crippen LogP contribution is 2.25. The van der Waals surface area contributed by atoms with Crippen LogP contribution in [0.3, 0.4) is 0 Å². The fourth-order valence-electron chi connectivity index (χ4n) is 3.43. The number of methoxy groups -OCH3 is 2. The molecule has 1 fully saturated rings. The molecule has 0 N–H and O–H groups in total. The molecule has 1 aromatic carbocycles. The van der Waals surface area contributed by atoms with Crippen molar-refractivity contribution in [3.8, 4) is 5.75 Å². The van der Waals surface area contributed by atoms with Crippen molar-refractivity contribution in [1.29, 1.82) is 0 Å². The second kappa shape index (κ2) is 8.12. The zero-order chi connectivity index (χ0) is 17.6. The number of amides is 1. The maximum Gasteiger partial charge on any atom is 0.227 e. The van der Waals surface area contributed by atoms with Crippen LogP contribution in [0.4, 0.5) is 0 Å². The molecule has 5 heteroatoms. The van der Waals surface area contributed by atoms with Crippen molar-refractivity contribution >= 4 is 5.91 Å². The Bertz CT molecular complexity index is 688. The van der Waals surface area contributed by atoms with Crippen molar-refractivity contribution in [3.63, 3.8) is 0 Å². The molecule has 5 nitrogen and oxygen atoms in total. The van der Waals surface area contributed by atoms with Gasteiger partial charge in [0.25, 0.3) is 0 Å². The molecule has 2 heterocycles. The lowest BCUT2D eigenvalue weighted by atomic mass is 10.0. The van der Waals surface area contributed by atoms with E-state index in [1.807, 2.05) is 47.5 Å². The first-order valence-corrected chi connectivity index (χ1v) is 8.55. The molecular weight excluding hydrogens is 316 g/mol. The van der Waals surface area contributed by atoms with E-state index in [9.17, 15) is 4.79 Å². The van der Waals surface area contributed by atoms with Crippen molar-refractivity contribution in [2.75, 3.05) is 20.8 Å². The van der Waals surface area contributed by atoms with Gasteiger partial charge in [-0.1, -0.05) is 18.2 Å². The summed E-state index contributed by atoms with van der Waals surface area (Å²) in [6, 6.07) is 11.7. The monoisotopic (exact) mass is 340 g/mol. The summed E-state index contributed by atoms with van der Waals surface area (Å²) < 4.78 is 10.8. The number of ether oxygens (including phenoxy) is 2. The fourth-order valence-corrected chi connectivity index (χ4v) is 3.43. The highest BCUT2D eigenvalue weighted by molar-refractivity contribution is 5.79. The number of likely N-dealkylation sites (tertiary alicyclic amines) is 1. The molecule has 0 bridgehead atoms. The molecule has 0 unspecified atom stereocenters. The molecule has 1 aromatic heterocycles. The Balaban J connectivity index is 1.70. The van der Waals surface area contributed by atoms with Gasteiger partial charge in [0.1, 0.15) is 5.75 Å². The SMILES string of the molecule is COc1ccc(CC(=O)N2CC[C@H](OC)[C@@H]2Cc2cccnc2)cc1. The number of carbonyl (C=O) groups is 1. The van der Waals surface area contributed by atoms with Gasteiger partial charge in [0.2, 0.25) is 5.91 Å². The van der Waals surface area contributed by atoms with Crippen LogP contribution in [0.2, 0.25) is 0 Å². The molecule has 0 aliphatic carbocycles. The summed E-state index contributed by atoms with van der Waals surface area (Å²) in [6.07, 6.45) is 5.72. The lowest BCUT2D eigenvalue weighted by Gasteiger charge is -2.28. The van der Waals surface area contributed by atoms with Gasteiger partial charge in [-0.05, 0) is 42.2 Å². The highest BCUT2D eigenvalue weighted by atomic mass is 16.5. The van der Waals surface area contributed by atoms with E-state index in [4.69, 9.17) is 9.47 Å². The van der Waals surface area contributed by atoms with Gasteiger partial charge in [-0.15, -0.1) is 0 Å². The Kier molecular flexibility index (Phi) is 5.66. The Hall–Kier alpha value is -2.40. The van der Waals surface area contributed by atoms with Crippen molar-refractivity contribution in [3.05, 3.63) is 59.9 Å². The zero-order valence-electron chi connectivity index (χ0n) is 14.7. The number of carbonyl (C=O) groups excluding carboxylic acids is 1. The van der Waals surface area contributed by atoms with Gasteiger partial charge >= 0.3 is 0 Å². The Labute approximate surface area is 148 Å². The van der Waals surface area contributed by atoms with E-state index in [1.165, 1.54) is 0 Å². The first-order valence-electron chi connectivity index (χ1n) is 8.55. The maximum atomic E-state index is 12.9. The molecule has 3 rings (SSSR count). The first kappa shape index (κ1) is 17.4. The fraction of sp³-hybridized carbons (Fsp3) is 0.400. The van der Waals surface area contributed by atoms with Crippen molar-refractivity contribution in [1.82, 2.24) is 9.88 Å². The molecule has 2 aromatic rings. The van der Waals surface area contributed by atoms with E-state index >= 15 is 0 Å². The van der Waals surface area contributed by atoms with Crippen LogP contribution in [0.5, 0.6) is 5.75 Å². The summed E-state index contributed by atoms with van der Waals surface area (Å²) in [6.45, 7) is 0.735. The van der Waals surface area contributed by atoms with E-state index in [2.05, 4.69) is 4.98 Å². The largest absolute Gasteiger partial charge is 0.497 e. The van der Waals surface area contributed by atoms with Crippen molar-refractivity contribution < 1.29 is 14.3 Å². The second-order valence-corrected chi connectivity index (χ2v) is 6.31. The molecule has 0 spiro atoms. The van der Waals surface area contributed by atoms with Gasteiger partial charge in [0.15, 0.2) is 0 Å². The predicted octanol–water partition coefficient (Wildman–Crippen LogP) is 2.49. The van der Waals surface area contributed by atoms with Gasteiger partial charge in [-0.2, -0.15) is 0 Å². The van der Waals surface area contributed by atoms with Crippen molar-refractivity contribution in [2.24, 2.45) is 0 Å². The topological polar surface area (TPSA) is 51.7 Å². The predicted molar refractivity (Wildman–Crippen MR) is 95.6 cm³/mol. The number of rotatable bonds is 6. The molecule has 1 saturated heterocycles. The number of hydrogen-bond donors (Lipinski definition) is 0. The number of benzene rings is 1. The molecule has 0 saturated carbocycles. The normalized spacial score (nSPS) is 19.8. The maximum absolute atomic E-state index is 12.9. The average molecular weight is 340 g/mol. The van der Waals surface area contributed by atoms with Gasteiger partial charge in [0, 0.05) is 26.0 Å². The second-order valence-electron chi connectivity index (χ2n) is 6.31. The minimum atomic E-state index is 0.0555. The number of hydrogen-bond acceptors (Lipinski definition) is 4. The molecule has 132 valence electrons. The van der Waals surface area contributed by atoms with Crippen LogP contribution in [0.1, 0.15) is 17.5 Å². The Morgan fingerprint density at radius 3 is 2.64 bits per heavy atom. The van der Waals surface area contributed by atoms with Crippen LogP contribution in [-0.2, 0) is 22.4 Å².